The smallest absolute Gasteiger partial charge is 0.399 e. The minimum Gasteiger partial charge on any atom is -0.399 e. The molecule has 2 aromatic carbocycles. The largest absolute Gasteiger partial charge is 1.00 e. The molecule has 0 heterocycles. The first kappa shape index (κ1) is 23.2. The maximum absolute atomic E-state index is 11.5. The van der Waals surface area contributed by atoms with Crippen LogP contribution in [0.2, 0.25) is 0 Å². The van der Waals surface area contributed by atoms with Gasteiger partial charge in [-0.25, -0.2) is 0 Å². The van der Waals surface area contributed by atoms with Crippen LogP contribution in [0.25, 0.3) is 12.2 Å². The molecule has 0 fully saturated rings. The van der Waals surface area contributed by atoms with Crippen molar-refractivity contribution in [3.05, 3.63) is 57.6 Å². The van der Waals surface area contributed by atoms with Crippen molar-refractivity contribution in [1.29, 1.82) is 0 Å². The normalized spacial score (nSPS) is 11.9. The molecule has 138 valence electrons. The molecule has 13 heteroatoms. The number of benzene rings is 2. The first-order valence-corrected chi connectivity index (χ1v) is 9.58. The van der Waals surface area contributed by atoms with Crippen LogP contribution < -0.4 is 35.3 Å². The Hall–Kier alpha value is -1.80. The van der Waals surface area contributed by atoms with Crippen LogP contribution >= 0.6 is 0 Å². The first-order valence-electron chi connectivity index (χ1n) is 6.70. The quantitative estimate of drug-likeness (QED) is 0.134. The van der Waals surface area contributed by atoms with Gasteiger partial charge in [0.15, 0.2) is 0 Å². The molecule has 4 N–H and O–H groups in total. The third-order valence-corrected chi connectivity index (χ3v) is 5.06. The number of anilines is 1. The van der Waals surface area contributed by atoms with E-state index in [9.17, 15) is 36.1 Å². The van der Waals surface area contributed by atoms with Gasteiger partial charge in [-0.3, -0.25) is 19.2 Å². The Morgan fingerprint density at radius 3 is 1.78 bits per heavy atom. The SMILES string of the molecule is Nc1ccc(C=Cc2ccc([N+](=O)[O-])cc2S(=O)(=O)O)c(S(=O)(=O)O)c1.[Na+]. The van der Waals surface area contributed by atoms with E-state index in [1.807, 2.05) is 0 Å². The minimum absolute atomic E-state index is 0. The van der Waals surface area contributed by atoms with Gasteiger partial charge in [0.2, 0.25) is 0 Å². The number of hydrogen-bond acceptors (Lipinski definition) is 7. The molecular formula is C14H12N2NaO8S2+. The molecule has 0 unspecified atom stereocenters. The molecule has 0 saturated carbocycles. The van der Waals surface area contributed by atoms with Crippen LogP contribution in [0.5, 0.6) is 0 Å². The van der Waals surface area contributed by atoms with Crippen LogP contribution in [0.15, 0.2) is 46.2 Å². The number of rotatable bonds is 5. The Morgan fingerprint density at radius 1 is 0.889 bits per heavy atom. The summed E-state index contributed by atoms with van der Waals surface area (Å²) in [5.74, 6) is 0. The van der Waals surface area contributed by atoms with E-state index in [0.29, 0.717) is 6.07 Å². The maximum Gasteiger partial charge on any atom is 1.00 e. The molecule has 0 saturated heterocycles. The molecule has 0 amide bonds. The van der Waals surface area contributed by atoms with Gasteiger partial charge in [-0.15, -0.1) is 0 Å². The molecule has 0 aliphatic rings. The van der Waals surface area contributed by atoms with Gasteiger partial charge in [0.05, 0.1) is 4.92 Å². The second-order valence-corrected chi connectivity index (χ2v) is 7.84. The first-order chi connectivity index (χ1) is 11.9. The van der Waals surface area contributed by atoms with Crippen molar-refractivity contribution in [1.82, 2.24) is 0 Å². The van der Waals surface area contributed by atoms with Crippen LogP contribution in [0.4, 0.5) is 11.4 Å². The van der Waals surface area contributed by atoms with Gasteiger partial charge in [0.1, 0.15) is 9.79 Å². The summed E-state index contributed by atoms with van der Waals surface area (Å²) in [4.78, 5) is 8.69. The zero-order chi connectivity index (χ0) is 19.7. The molecule has 0 aromatic heterocycles. The fraction of sp³-hybridized carbons (Fsp3) is 0. The van der Waals surface area contributed by atoms with E-state index >= 15 is 0 Å². The number of nitrogens with two attached hydrogens (primary N) is 1. The molecule has 0 atom stereocenters. The fourth-order valence-electron chi connectivity index (χ4n) is 2.09. The average molecular weight is 423 g/mol. The molecule has 10 nitrogen and oxygen atoms in total. The number of non-ortho nitro benzene ring substituents is 1. The summed E-state index contributed by atoms with van der Waals surface area (Å²) in [5.41, 5.74) is 4.86. The Bertz CT molecular complexity index is 1130. The van der Waals surface area contributed by atoms with Crippen LogP contribution in [0.3, 0.4) is 0 Å². The predicted molar refractivity (Wildman–Crippen MR) is 92.5 cm³/mol. The second kappa shape index (κ2) is 8.48. The van der Waals surface area contributed by atoms with Gasteiger partial charge in [-0.2, -0.15) is 16.8 Å². The Balaban J connectivity index is 0.00000364. The summed E-state index contributed by atoms with van der Waals surface area (Å²) < 4.78 is 64.3. The summed E-state index contributed by atoms with van der Waals surface area (Å²) in [6, 6.07) is 6.39. The van der Waals surface area contributed by atoms with E-state index in [4.69, 9.17) is 5.73 Å². The fourth-order valence-corrected chi connectivity index (χ4v) is 3.51. The summed E-state index contributed by atoms with van der Waals surface area (Å²) >= 11 is 0. The van der Waals surface area contributed by atoms with Crippen molar-refractivity contribution < 1.29 is 60.4 Å². The van der Waals surface area contributed by atoms with Crippen molar-refractivity contribution in [3.63, 3.8) is 0 Å². The molecule has 2 aromatic rings. The zero-order valence-corrected chi connectivity index (χ0v) is 17.4. The molecule has 0 bridgehead atoms. The zero-order valence-electron chi connectivity index (χ0n) is 13.8. The average Bonchev–Trinajstić information content (AvgIpc) is 2.51. The molecular weight excluding hydrogens is 411 g/mol. The van der Waals surface area contributed by atoms with Crippen molar-refractivity contribution in [2.24, 2.45) is 0 Å². The summed E-state index contributed by atoms with van der Waals surface area (Å²) in [6.07, 6.45) is 2.27. The van der Waals surface area contributed by atoms with E-state index in [2.05, 4.69) is 0 Å². The van der Waals surface area contributed by atoms with Gasteiger partial charge < -0.3 is 5.73 Å². The van der Waals surface area contributed by atoms with Crippen LogP contribution in [0.1, 0.15) is 11.1 Å². The van der Waals surface area contributed by atoms with E-state index in [-0.39, 0.29) is 46.4 Å². The molecule has 2 rings (SSSR count). The summed E-state index contributed by atoms with van der Waals surface area (Å²) in [7, 11) is -9.39. The molecule has 0 aliphatic heterocycles. The number of nitrogen functional groups attached to an aromatic ring is 1. The number of nitrogens with zero attached hydrogens (tertiary/aromatic N) is 1. The van der Waals surface area contributed by atoms with Gasteiger partial charge >= 0.3 is 29.6 Å². The minimum atomic E-state index is -4.78. The van der Waals surface area contributed by atoms with Gasteiger partial charge in [-0.05, 0) is 29.3 Å². The van der Waals surface area contributed by atoms with Gasteiger partial charge in [0, 0.05) is 17.8 Å². The monoisotopic (exact) mass is 423 g/mol. The van der Waals surface area contributed by atoms with Crippen molar-refractivity contribution in [2.45, 2.75) is 9.79 Å². The molecule has 27 heavy (non-hydrogen) atoms. The van der Waals surface area contributed by atoms with Crippen molar-refractivity contribution >= 4 is 43.8 Å². The van der Waals surface area contributed by atoms with Crippen LogP contribution in [-0.2, 0) is 20.2 Å². The van der Waals surface area contributed by atoms with E-state index in [1.54, 1.807) is 0 Å². The predicted octanol–water partition coefficient (Wildman–Crippen LogP) is -1.16. The number of nitro groups is 1. The van der Waals surface area contributed by atoms with Crippen LogP contribution in [-0.4, -0.2) is 30.9 Å². The second-order valence-electron chi connectivity index (χ2n) is 5.06. The topological polar surface area (TPSA) is 178 Å². The summed E-state index contributed by atoms with van der Waals surface area (Å²) in [5, 5.41) is 10.8. The maximum atomic E-state index is 11.5. The Labute approximate surface area is 176 Å². The van der Waals surface area contributed by atoms with Crippen molar-refractivity contribution in [3.8, 4) is 0 Å². The van der Waals surface area contributed by atoms with E-state index < -0.39 is 40.6 Å². The van der Waals surface area contributed by atoms with E-state index in [1.165, 1.54) is 12.1 Å². The van der Waals surface area contributed by atoms with Crippen LogP contribution in [0, 0.1) is 10.1 Å². The Morgan fingerprint density at radius 2 is 1.33 bits per heavy atom. The van der Waals surface area contributed by atoms with Gasteiger partial charge in [0.25, 0.3) is 25.9 Å². The summed E-state index contributed by atoms with van der Waals surface area (Å²) in [6.45, 7) is 0. The van der Waals surface area contributed by atoms with Crippen molar-refractivity contribution in [2.75, 3.05) is 5.73 Å². The third-order valence-electron chi connectivity index (χ3n) is 3.24. The third kappa shape index (κ3) is 5.84. The van der Waals surface area contributed by atoms with E-state index in [0.717, 1.165) is 30.4 Å². The number of hydrogen-bond donors (Lipinski definition) is 3. The molecule has 0 aliphatic carbocycles. The standard InChI is InChI=1S/C14H12N2O8S2.Na/c15-11-5-3-9(13(7-11)25(19,20)21)1-2-10-4-6-12(16(17)18)8-14(10)26(22,23)24;/h1-8H,15H2,(H,19,20,21)(H,22,23,24);/q;+1. The Kier molecular flexibility index (Phi) is 7.30. The molecule has 0 spiro atoms. The molecule has 0 radical (unpaired) electrons. The number of nitro benzene ring substituents is 1. The van der Waals surface area contributed by atoms with Gasteiger partial charge in [-0.1, -0.05) is 18.2 Å².